The van der Waals surface area contributed by atoms with Crippen LogP contribution in [-0.2, 0) is 17.6 Å². The molecular weight excluding hydrogens is 376 g/mol. The third-order valence-corrected chi connectivity index (χ3v) is 5.31. The van der Waals surface area contributed by atoms with Crippen LogP contribution >= 0.6 is 11.3 Å². The fourth-order valence-corrected chi connectivity index (χ4v) is 3.88. The minimum absolute atomic E-state index is 0.129. The molecule has 144 valence electrons. The summed E-state index contributed by atoms with van der Waals surface area (Å²) in [5.74, 6) is 2.05. The number of aromatic nitrogens is 1. The molecular formula is C21H20N2O4S. The highest BCUT2D eigenvalue weighted by Gasteiger charge is 2.15. The summed E-state index contributed by atoms with van der Waals surface area (Å²) in [5.41, 5.74) is 3.91. The monoisotopic (exact) mass is 396 g/mol. The normalized spacial score (nSPS) is 12.2. The smallest absolute Gasteiger partial charge is 0.230 e. The summed E-state index contributed by atoms with van der Waals surface area (Å²) < 4.78 is 16.1. The lowest BCUT2D eigenvalue weighted by molar-refractivity contribution is -0.115. The van der Waals surface area contributed by atoms with E-state index in [1.807, 2.05) is 23.6 Å². The number of rotatable bonds is 6. The van der Waals surface area contributed by atoms with Crippen LogP contribution in [0.15, 0.2) is 41.8 Å². The first-order valence-corrected chi connectivity index (χ1v) is 9.76. The van der Waals surface area contributed by atoms with E-state index < -0.39 is 0 Å². The highest BCUT2D eigenvalue weighted by Crippen LogP contribution is 2.32. The molecule has 0 saturated heterocycles. The third-order valence-electron chi connectivity index (χ3n) is 4.55. The van der Waals surface area contributed by atoms with Gasteiger partial charge in [0, 0.05) is 17.4 Å². The molecule has 2 heterocycles. The SMILES string of the molecule is COc1ccc(CC(=O)Nc2nc(-c3ccc4c(c3)CCO4)cs2)cc1OC. The lowest BCUT2D eigenvalue weighted by atomic mass is 10.1. The maximum absolute atomic E-state index is 12.4. The first-order chi connectivity index (χ1) is 13.7. The molecule has 0 fully saturated rings. The van der Waals surface area contributed by atoms with Crippen molar-refractivity contribution < 1.29 is 19.0 Å². The van der Waals surface area contributed by atoms with Crippen molar-refractivity contribution in [1.29, 1.82) is 0 Å². The summed E-state index contributed by atoms with van der Waals surface area (Å²) in [6.45, 7) is 0.729. The molecule has 1 aliphatic heterocycles. The van der Waals surface area contributed by atoms with Gasteiger partial charge in [0.25, 0.3) is 0 Å². The molecule has 0 spiro atoms. The quantitative estimate of drug-likeness (QED) is 0.683. The van der Waals surface area contributed by atoms with Crippen LogP contribution in [0.1, 0.15) is 11.1 Å². The van der Waals surface area contributed by atoms with Crippen molar-refractivity contribution in [3.63, 3.8) is 0 Å². The Kier molecular flexibility index (Phi) is 5.16. The Morgan fingerprint density at radius 3 is 2.86 bits per heavy atom. The minimum atomic E-state index is -0.129. The number of fused-ring (bicyclic) bond motifs is 1. The van der Waals surface area contributed by atoms with E-state index in [0.717, 1.165) is 35.6 Å². The van der Waals surface area contributed by atoms with Gasteiger partial charge in [0.15, 0.2) is 16.6 Å². The zero-order chi connectivity index (χ0) is 19.5. The van der Waals surface area contributed by atoms with Gasteiger partial charge in [-0.05, 0) is 41.5 Å². The summed E-state index contributed by atoms with van der Waals surface area (Å²) >= 11 is 1.41. The minimum Gasteiger partial charge on any atom is -0.493 e. The molecule has 0 aliphatic carbocycles. The Morgan fingerprint density at radius 1 is 1.18 bits per heavy atom. The van der Waals surface area contributed by atoms with E-state index in [1.165, 1.54) is 16.9 Å². The Balaban J connectivity index is 1.43. The number of thiazole rings is 1. The van der Waals surface area contributed by atoms with Crippen LogP contribution < -0.4 is 19.5 Å². The molecule has 0 bridgehead atoms. The number of nitrogens with one attached hydrogen (secondary N) is 1. The van der Waals surface area contributed by atoms with Crippen LogP contribution in [0.5, 0.6) is 17.2 Å². The second-order valence-electron chi connectivity index (χ2n) is 6.37. The van der Waals surface area contributed by atoms with Gasteiger partial charge in [-0.3, -0.25) is 4.79 Å². The molecule has 28 heavy (non-hydrogen) atoms. The van der Waals surface area contributed by atoms with Gasteiger partial charge in [-0.2, -0.15) is 0 Å². The topological polar surface area (TPSA) is 69.7 Å². The van der Waals surface area contributed by atoms with Crippen LogP contribution in [0, 0.1) is 0 Å². The standard InChI is InChI=1S/C21H20N2O4S/c1-25-18-5-3-13(9-19(18)26-2)10-20(24)23-21-22-16(12-28-21)14-4-6-17-15(11-14)7-8-27-17/h3-6,9,11-12H,7-8,10H2,1-2H3,(H,22,23,24). The van der Waals surface area contributed by atoms with E-state index >= 15 is 0 Å². The zero-order valence-corrected chi connectivity index (χ0v) is 16.5. The van der Waals surface area contributed by atoms with Crippen LogP contribution in [0.3, 0.4) is 0 Å². The van der Waals surface area contributed by atoms with Crippen molar-refractivity contribution in [2.24, 2.45) is 0 Å². The van der Waals surface area contributed by atoms with Gasteiger partial charge in [0.05, 0.1) is 32.9 Å². The maximum atomic E-state index is 12.4. The molecule has 0 atom stereocenters. The summed E-state index contributed by atoms with van der Waals surface area (Å²) in [6, 6.07) is 11.5. The van der Waals surface area contributed by atoms with E-state index in [2.05, 4.69) is 16.4 Å². The number of anilines is 1. The Morgan fingerprint density at radius 2 is 2.04 bits per heavy atom. The first kappa shape index (κ1) is 18.3. The van der Waals surface area contributed by atoms with Gasteiger partial charge in [-0.25, -0.2) is 4.98 Å². The van der Waals surface area contributed by atoms with Gasteiger partial charge in [0.1, 0.15) is 5.75 Å². The number of carbonyl (C=O) groups excluding carboxylic acids is 1. The van der Waals surface area contributed by atoms with Crippen LogP contribution in [-0.4, -0.2) is 31.7 Å². The summed E-state index contributed by atoms with van der Waals surface area (Å²) in [4.78, 5) is 17.0. The molecule has 2 aromatic carbocycles. The van der Waals surface area contributed by atoms with Crippen LogP contribution in [0.4, 0.5) is 5.13 Å². The molecule has 1 aromatic heterocycles. The van der Waals surface area contributed by atoms with E-state index in [4.69, 9.17) is 14.2 Å². The first-order valence-electron chi connectivity index (χ1n) is 8.88. The van der Waals surface area contributed by atoms with Gasteiger partial charge in [0.2, 0.25) is 5.91 Å². The number of amides is 1. The number of methoxy groups -OCH3 is 2. The van der Waals surface area contributed by atoms with Gasteiger partial charge in [-0.15, -0.1) is 11.3 Å². The van der Waals surface area contributed by atoms with E-state index in [1.54, 1.807) is 26.4 Å². The number of benzene rings is 2. The summed E-state index contributed by atoms with van der Waals surface area (Å²) in [7, 11) is 3.15. The van der Waals surface area contributed by atoms with E-state index in [0.29, 0.717) is 16.6 Å². The Labute approximate surface area is 167 Å². The molecule has 3 aromatic rings. The fourth-order valence-electron chi connectivity index (χ4n) is 3.15. The number of hydrogen-bond acceptors (Lipinski definition) is 6. The molecule has 0 unspecified atom stereocenters. The molecule has 7 heteroatoms. The Hall–Kier alpha value is -3.06. The third kappa shape index (κ3) is 3.80. The average molecular weight is 396 g/mol. The largest absolute Gasteiger partial charge is 0.493 e. The van der Waals surface area contributed by atoms with E-state index in [-0.39, 0.29) is 12.3 Å². The average Bonchev–Trinajstić information content (AvgIpc) is 3.36. The van der Waals surface area contributed by atoms with Crippen molar-refractivity contribution in [2.45, 2.75) is 12.8 Å². The molecule has 1 amide bonds. The molecule has 6 nitrogen and oxygen atoms in total. The van der Waals surface area contributed by atoms with Gasteiger partial charge >= 0.3 is 0 Å². The predicted octanol–water partition coefficient (Wildman–Crippen LogP) is 3.94. The van der Waals surface area contributed by atoms with Gasteiger partial charge in [-0.1, -0.05) is 6.07 Å². The summed E-state index contributed by atoms with van der Waals surface area (Å²) in [5, 5.41) is 5.40. The van der Waals surface area contributed by atoms with Crippen molar-refractivity contribution in [1.82, 2.24) is 4.98 Å². The Bertz CT molecular complexity index is 1020. The lowest BCUT2D eigenvalue weighted by Gasteiger charge is -2.09. The number of carbonyl (C=O) groups is 1. The molecule has 1 aliphatic rings. The number of hydrogen-bond donors (Lipinski definition) is 1. The fraction of sp³-hybridized carbons (Fsp3) is 0.238. The van der Waals surface area contributed by atoms with Gasteiger partial charge < -0.3 is 19.5 Å². The predicted molar refractivity (Wildman–Crippen MR) is 109 cm³/mol. The van der Waals surface area contributed by atoms with Crippen LogP contribution in [0.2, 0.25) is 0 Å². The van der Waals surface area contributed by atoms with Crippen LogP contribution in [0.25, 0.3) is 11.3 Å². The molecule has 4 rings (SSSR count). The van der Waals surface area contributed by atoms with Crippen molar-refractivity contribution in [3.8, 4) is 28.5 Å². The zero-order valence-electron chi connectivity index (χ0n) is 15.7. The second-order valence-corrected chi connectivity index (χ2v) is 7.23. The highest BCUT2D eigenvalue weighted by molar-refractivity contribution is 7.14. The second kappa shape index (κ2) is 7.90. The van der Waals surface area contributed by atoms with Crippen molar-refractivity contribution in [2.75, 3.05) is 26.1 Å². The lowest BCUT2D eigenvalue weighted by Crippen LogP contribution is -2.14. The number of ether oxygens (including phenoxy) is 3. The molecule has 0 radical (unpaired) electrons. The molecule has 1 N–H and O–H groups in total. The van der Waals surface area contributed by atoms with E-state index in [9.17, 15) is 4.79 Å². The number of nitrogens with zero attached hydrogens (tertiary/aromatic N) is 1. The molecule has 0 saturated carbocycles. The summed E-state index contributed by atoms with van der Waals surface area (Å²) in [6.07, 6.45) is 1.15. The van der Waals surface area contributed by atoms with Crippen molar-refractivity contribution in [3.05, 3.63) is 52.9 Å². The highest BCUT2D eigenvalue weighted by atomic mass is 32.1. The maximum Gasteiger partial charge on any atom is 0.230 e. The van der Waals surface area contributed by atoms with Crippen molar-refractivity contribution >= 4 is 22.4 Å².